The molecule has 0 fully saturated rings. The summed E-state index contributed by atoms with van der Waals surface area (Å²) in [5.41, 5.74) is -0.790. The molecule has 0 N–H and O–H groups in total. The van der Waals surface area contributed by atoms with Crippen molar-refractivity contribution in [1.29, 1.82) is 0 Å². The smallest absolute Gasteiger partial charge is 0.251 e. The lowest BCUT2D eigenvalue weighted by Crippen LogP contribution is -2.11. The van der Waals surface area contributed by atoms with Crippen LogP contribution in [-0.4, -0.2) is 25.6 Å². The van der Waals surface area contributed by atoms with E-state index in [1.165, 1.54) is 13.2 Å². The molecule has 2 heterocycles. The Kier molecular flexibility index (Phi) is 5.18. The molecule has 2 atom stereocenters. The first kappa shape index (κ1) is 18.6. The zero-order chi connectivity index (χ0) is 18.1. The minimum absolute atomic E-state index is 0.176. The van der Waals surface area contributed by atoms with Crippen LogP contribution in [0.4, 0.5) is 27.1 Å². The number of alkyl halides is 5. The van der Waals surface area contributed by atoms with Crippen molar-refractivity contribution in [2.45, 2.75) is 24.8 Å². The minimum atomic E-state index is -4.57. The quantitative estimate of drug-likeness (QED) is 0.732. The number of pyridine rings is 1. The third kappa shape index (κ3) is 4.23. The second-order valence-electron chi connectivity index (χ2n) is 4.79. The summed E-state index contributed by atoms with van der Waals surface area (Å²) in [7, 11) is -3.01. The van der Waals surface area contributed by atoms with Gasteiger partial charge >= 0.3 is 6.18 Å². The average Bonchev–Trinajstić information content (AvgIpc) is 2.93. The Balaban J connectivity index is 2.30. The van der Waals surface area contributed by atoms with Crippen molar-refractivity contribution in [3.8, 4) is 0 Å². The van der Waals surface area contributed by atoms with Crippen LogP contribution in [0.1, 0.15) is 34.9 Å². The van der Waals surface area contributed by atoms with Crippen LogP contribution in [0.15, 0.2) is 22.7 Å². The molecule has 0 aliphatic heterocycles. The fraction of sp³-hybridized carbons (Fsp3) is 0.417. The molecule has 2 rings (SSSR count). The third-order valence-electron chi connectivity index (χ3n) is 3.08. The van der Waals surface area contributed by atoms with Crippen LogP contribution in [0.3, 0.4) is 0 Å². The maximum absolute atomic E-state index is 12.7. The zero-order valence-corrected chi connectivity index (χ0v) is 13.9. The fourth-order valence-corrected chi connectivity index (χ4v) is 3.83. The van der Waals surface area contributed by atoms with Gasteiger partial charge in [-0.1, -0.05) is 17.4 Å². The van der Waals surface area contributed by atoms with Gasteiger partial charge in [0.2, 0.25) is 5.13 Å². The summed E-state index contributed by atoms with van der Waals surface area (Å²) < 4.78 is 78.9. The van der Waals surface area contributed by atoms with E-state index in [1.54, 1.807) is 0 Å². The Bertz CT molecular complexity index is 825. The van der Waals surface area contributed by atoms with Crippen molar-refractivity contribution in [1.82, 2.24) is 15.2 Å². The molecule has 24 heavy (non-hydrogen) atoms. The van der Waals surface area contributed by atoms with Gasteiger partial charge in [0.1, 0.15) is 5.69 Å². The third-order valence-corrected chi connectivity index (χ3v) is 6.14. The molecular formula is C12H11F5N4OS2. The van der Waals surface area contributed by atoms with Gasteiger partial charge in [-0.05, 0) is 18.6 Å². The molecule has 2 aromatic heterocycles. The predicted molar refractivity (Wildman–Crippen MR) is 78.7 cm³/mol. The van der Waals surface area contributed by atoms with Gasteiger partial charge in [-0.25, -0.2) is 13.0 Å². The van der Waals surface area contributed by atoms with Crippen molar-refractivity contribution in [3.05, 3.63) is 34.6 Å². The Morgan fingerprint density at radius 2 is 1.92 bits per heavy atom. The van der Waals surface area contributed by atoms with Crippen LogP contribution in [0, 0.1) is 0 Å². The number of nitrogens with zero attached hydrogens (tertiary/aromatic N) is 4. The highest BCUT2D eigenvalue weighted by atomic mass is 32.2. The summed E-state index contributed by atoms with van der Waals surface area (Å²) in [5, 5.41) is 5.15. The second kappa shape index (κ2) is 6.67. The first-order chi connectivity index (χ1) is 11.0. The lowest BCUT2D eigenvalue weighted by atomic mass is 10.2. The summed E-state index contributed by atoms with van der Waals surface area (Å²) >= 11 is 0.504. The first-order valence-electron chi connectivity index (χ1n) is 6.36. The topological polar surface area (TPSA) is 68.1 Å². The highest BCUT2D eigenvalue weighted by Crippen LogP contribution is 2.32. The number of hydrogen-bond donors (Lipinski definition) is 0. The Labute approximate surface area is 138 Å². The molecule has 2 unspecified atom stereocenters. The van der Waals surface area contributed by atoms with Crippen LogP contribution >= 0.6 is 11.3 Å². The van der Waals surface area contributed by atoms with E-state index < -0.39 is 38.3 Å². The standard InChI is InChI=1S/C12H11F5N4OS2/c1-6(7-3-4-8(18-5-7)12(15,16)17)24(2,22)21-11-20-19-10(23-11)9(13)14/h3-6,9H,1-2H3. The highest BCUT2D eigenvalue weighted by Gasteiger charge is 2.32. The van der Waals surface area contributed by atoms with E-state index >= 15 is 0 Å². The van der Waals surface area contributed by atoms with E-state index in [1.807, 2.05) is 0 Å². The van der Waals surface area contributed by atoms with Gasteiger partial charge in [-0.2, -0.15) is 17.5 Å². The SMILES string of the molecule is CC(c1ccc(C(F)(F)F)nc1)S(C)(=O)=Nc1nnc(C(F)F)s1. The Morgan fingerprint density at radius 3 is 2.38 bits per heavy atom. The molecular weight excluding hydrogens is 375 g/mol. The minimum Gasteiger partial charge on any atom is -0.251 e. The molecule has 0 amide bonds. The molecule has 0 aliphatic carbocycles. The Morgan fingerprint density at radius 1 is 1.25 bits per heavy atom. The normalized spacial score (nSPS) is 16.0. The Hall–Kier alpha value is -1.69. The van der Waals surface area contributed by atoms with E-state index in [-0.39, 0.29) is 10.7 Å². The lowest BCUT2D eigenvalue weighted by molar-refractivity contribution is -0.141. The molecule has 2 aromatic rings. The summed E-state index contributed by atoms with van der Waals surface area (Å²) in [6.45, 7) is 1.49. The fourth-order valence-electron chi connectivity index (χ4n) is 1.65. The van der Waals surface area contributed by atoms with Gasteiger partial charge in [0.05, 0.1) is 15.0 Å². The van der Waals surface area contributed by atoms with Crippen LogP contribution < -0.4 is 0 Å². The molecule has 0 aliphatic rings. The van der Waals surface area contributed by atoms with E-state index in [4.69, 9.17) is 0 Å². The van der Waals surface area contributed by atoms with Gasteiger partial charge in [0.25, 0.3) is 6.43 Å². The predicted octanol–water partition coefficient (Wildman–Crippen LogP) is 4.38. The van der Waals surface area contributed by atoms with Crippen molar-refractivity contribution >= 4 is 26.2 Å². The van der Waals surface area contributed by atoms with Crippen molar-refractivity contribution in [2.75, 3.05) is 6.26 Å². The van der Waals surface area contributed by atoms with Gasteiger partial charge in [-0.3, -0.25) is 4.98 Å². The van der Waals surface area contributed by atoms with Crippen LogP contribution in [-0.2, 0) is 15.9 Å². The lowest BCUT2D eigenvalue weighted by Gasteiger charge is -2.14. The van der Waals surface area contributed by atoms with Gasteiger partial charge < -0.3 is 0 Å². The maximum Gasteiger partial charge on any atom is 0.433 e. The number of halogens is 5. The largest absolute Gasteiger partial charge is 0.433 e. The van der Waals surface area contributed by atoms with Crippen LogP contribution in [0.5, 0.6) is 0 Å². The summed E-state index contributed by atoms with van der Waals surface area (Å²) in [5.74, 6) is 0. The van der Waals surface area contributed by atoms with E-state index in [0.717, 1.165) is 18.3 Å². The molecule has 0 saturated carbocycles. The van der Waals surface area contributed by atoms with Gasteiger partial charge in [-0.15, -0.1) is 10.2 Å². The molecule has 0 aromatic carbocycles. The number of aromatic nitrogens is 3. The number of rotatable bonds is 4. The molecule has 132 valence electrons. The molecule has 0 bridgehead atoms. The number of hydrogen-bond acceptors (Lipinski definition) is 6. The highest BCUT2D eigenvalue weighted by molar-refractivity contribution is 7.93. The summed E-state index contributed by atoms with van der Waals surface area (Å²) in [4.78, 5) is 3.30. The molecule has 0 radical (unpaired) electrons. The van der Waals surface area contributed by atoms with E-state index in [0.29, 0.717) is 11.3 Å². The van der Waals surface area contributed by atoms with Crippen molar-refractivity contribution in [2.24, 2.45) is 4.36 Å². The maximum atomic E-state index is 12.7. The monoisotopic (exact) mass is 386 g/mol. The average molecular weight is 386 g/mol. The molecule has 0 spiro atoms. The van der Waals surface area contributed by atoms with E-state index in [2.05, 4.69) is 19.5 Å². The summed E-state index contributed by atoms with van der Waals surface area (Å²) in [6, 6.07) is 1.94. The zero-order valence-electron chi connectivity index (χ0n) is 12.3. The van der Waals surface area contributed by atoms with Crippen molar-refractivity contribution in [3.63, 3.8) is 0 Å². The van der Waals surface area contributed by atoms with Crippen LogP contribution in [0.2, 0.25) is 0 Å². The second-order valence-corrected chi connectivity index (χ2v) is 8.39. The van der Waals surface area contributed by atoms with Crippen molar-refractivity contribution < 1.29 is 26.2 Å². The van der Waals surface area contributed by atoms with Gasteiger partial charge in [0, 0.05) is 12.5 Å². The summed E-state index contributed by atoms with van der Waals surface area (Å²) in [6.07, 6.45) is -5.15. The van der Waals surface area contributed by atoms with Crippen LogP contribution in [0.25, 0.3) is 0 Å². The molecule has 0 saturated heterocycles. The first-order valence-corrected chi connectivity index (χ1v) is 9.16. The molecule has 5 nitrogen and oxygen atoms in total. The molecule has 12 heteroatoms. The van der Waals surface area contributed by atoms with Gasteiger partial charge in [0.15, 0.2) is 5.01 Å². The van der Waals surface area contributed by atoms with E-state index in [9.17, 15) is 26.2 Å².